The molecule has 0 fully saturated rings. The lowest BCUT2D eigenvalue weighted by atomic mass is 10.1. The van der Waals surface area contributed by atoms with Gasteiger partial charge in [-0.25, -0.2) is 8.42 Å². The minimum Gasteiger partial charge on any atom is -0.497 e. The number of likely N-dealkylation sites (N-methyl/N-ethyl adjacent to an activating group) is 1. The summed E-state index contributed by atoms with van der Waals surface area (Å²) in [5.74, 6) is -0.133. The van der Waals surface area contributed by atoms with Crippen LogP contribution < -0.4 is 19.1 Å². The number of aryl methyl sites for hydroxylation is 1. The number of carbonyl (C=O) groups excluding carboxylic acids is 2. The Bertz CT molecular complexity index is 1120. The van der Waals surface area contributed by atoms with Crippen molar-refractivity contribution in [2.45, 2.75) is 33.4 Å². The number of nitrogens with zero attached hydrogens (tertiary/aromatic N) is 2. The van der Waals surface area contributed by atoms with E-state index in [-0.39, 0.29) is 23.9 Å². The summed E-state index contributed by atoms with van der Waals surface area (Å²) in [5.41, 5.74) is 2.04. The average Bonchev–Trinajstić information content (AvgIpc) is 2.79. The van der Waals surface area contributed by atoms with Crippen LogP contribution in [0.2, 0.25) is 0 Å². The Balaban J connectivity index is 2.46. The number of hydrogen-bond acceptors (Lipinski definition) is 6. The van der Waals surface area contributed by atoms with Crippen LogP contribution in [0.5, 0.6) is 11.5 Å². The van der Waals surface area contributed by atoms with Gasteiger partial charge in [-0.2, -0.15) is 0 Å². The highest BCUT2D eigenvalue weighted by molar-refractivity contribution is 7.92. The van der Waals surface area contributed by atoms with E-state index < -0.39 is 28.5 Å². The maximum atomic E-state index is 13.5. The van der Waals surface area contributed by atoms with E-state index in [1.165, 1.54) is 25.2 Å². The van der Waals surface area contributed by atoms with E-state index >= 15 is 0 Å². The first kappa shape index (κ1) is 27.0. The van der Waals surface area contributed by atoms with Gasteiger partial charge in [-0.1, -0.05) is 29.8 Å². The Morgan fingerprint density at radius 1 is 1.09 bits per heavy atom. The molecule has 1 N–H and O–H groups in total. The number of amides is 2. The first-order valence-electron chi connectivity index (χ1n) is 10.8. The molecule has 9 nitrogen and oxygen atoms in total. The van der Waals surface area contributed by atoms with Crippen molar-refractivity contribution in [1.29, 1.82) is 0 Å². The van der Waals surface area contributed by atoms with Gasteiger partial charge in [-0.3, -0.25) is 13.9 Å². The molecule has 0 aliphatic rings. The third-order valence-corrected chi connectivity index (χ3v) is 6.41. The van der Waals surface area contributed by atoms with Crippen molar-refractivity contribution < 1.29 is 27.5 Å². The van der Waals surface area contributed by atoms with Gasteiger partial charge in [0.15, 0.2) is 0 Å². The molecule has 2 aromatic rings. The van der Waals surface area contributed by atoms with Gasteiger partial charge < -0.3 is 19.7 Å². The molecule has 2 amide bonds. The summed E-state index contributed by atoms with van der Waals surface area (Å²) in [6, 6.07) is 11.4. The number of ether oxygens (including phenoxy) is 2. The summed E-state index contributed by atoms with van der Waals surface area (Å²) in [4.78, 5) is 27.5. The highest BCUT2D eigenvalue weighted by Crippen LogP contribution is 2.33. The zero-order valence-electron chi connectivity index (χ0n) is 20.5. The molecule has 2 aromatic carbocycles. The second-order valence-electron chi connectivity index (χ2n) is 7.89. The summed E-state index contributed by atoms with van der Waals surface area (Å²) in [5, 5.41) is 2.73. The summed E-state index contributed by atoms with van der Waals surface area (Å²) in [6.45, 7) is 5.40. The molecule has 0 spiro atoms. The fourth-order valence-electron chi connectivity index (χ4n) is 3.50. The average molecular weight is 492 g/mol. The fraction of sp³-hybridized carbons (Fsp3) is 0.417. The maximum Gasteiger partial charge on any atom is 0.244 e. The Hall–Kier alpha value is -3.27. The fourth-order valence-corrected chi connectivity index (χ4v) is 4.35. The van der Waals surface area contributed by atoms with Gasteiger partial charge in [-0.15, -0.1) is 0 Å². The molecule has 0 aliphatic carbocycles. The molecule has 1 atom stereocenters. The number of nitrogens with one attached hydrogen (secondary N) is 1. The van der Waals surface area contributed by atoms with Gasteiger partial charge in [-0.05, 0) is 38.5 Å². The first-order chi connectivity index (χ1) is 16.0. The van der Waals surface area contributed by atoms with E-state index in [4.69, 9.17) is 9.47 Å². The van der Waals surface area contributed by atoms with Crippen molar-refractivity contribution >= 4 is 27.5 Å². The predicted molar refractivity (Wildman–Crippen MR) is 132 cm³/mol. The second-order valence-corrected chi connectivity index (χ2v) is 9.80. The van der Waals surface area contributed by atoms with Crippen LogP contribution in [0.4, 0.5) is 5.69 Å². The zero-order chi connectivity index (χ0) is 25.5. The maximum absolute atomic E-state index is 13.5. The second kappa shape index (κ2) is 11.7. The molecule has 0 saturated carbocycles. The largest absolute Gasteiger partial charge is 0.497 e. The lowest BCUT2D eigenvalue weighted by Crippen LogP contribution is -2.51. The molecule has 186 valence electrons. The van der Waals surface area contributed by atoms with Crippen LogP contribution in [0.25, 0.3) is 0 Å². The monoisotopic (exact) mass is 491 g/mol. The molecule has 0 aliphatic heterocycles. The van der Waals surface area contributed by atoms with Crippen molar-refractivity contribution in [3.05, 3.63) is 53.6 Å². The van der Waals surface area contributed by atoms with Crippen molar-refractivity contribution in [2.24, 2.45) is 0 Å². The number of sulfonamides is 1. The molecule has 2 rings (SSSR count). The Morgan fingerprint density at radius 3 is 2.35 bits per heavy atom. The number of carbonyl (C=O) groups is 2. The predicted octanol–water partition coefficient (Wildman–Crippen LogP) is 2.33. The van der Waals surface area contributed by atoms with E-state index in [0.29, 0.717) is 12.3 Å². The standard InChI is InChI=1S/C24H33N3O6S/c1-7-25-24(29)18(3)26(15-19-10-8-9-17(2)13-19)23(28)16-27(34(6,30)31)21-12-11-20(32-4)14-22(21)33-5/h8-14,18H,7,15-16H2,1-6H3,(H,25,29). The van der Waals surface area contributed by atoms with Gasteiger partial charge in [0.05, 0.1) is 26.2 Å². The number of hydrogen-bond donors (Lipinski definition) is 1. The van der Waals surface area contributed by atoms with Crippen molar-refractivity contribution in [3.8, 4) is 11.5 Å². The topological polar surface area (TPSA) is 105 Å². The van der Waals surface area contributed by atoms with E-state index in [9.17, 15) is 18.0 Å². The lowest BCUT2D eigenvalue weighted by Gasteiger charge is -2.32. The number of benzene rings is 2. The van der Waals surface area contributed by atoms with E-state index in [1.807, 2.05) is 31.2 Å². The summed E-state index contributed by atoms with van der Waals surface area (Å²) in [6.07, 6.45) is 1.02. The van der Waals surface area contributed by atoms with Crippen molar-refractivity contribution in [1.82, 2.24) is 10.2 Å². The van der Waals surface area contributed by atoms with Crippen LogP contribution in [-0.2, 0) is 26.2 Å². The Kier molecular flexibility index (Phi) is 9.31. The molecular formula is C24H33N3O6S. The van der Waals surface area contributed by atoms with Gasteiger partial charge in [0, 0.05) is 19.2 Å². The number of rotatable bonds is 11. The normalized spacial score (nSPS) is 11.9. The van der Waals surface area contributed by atoms with E-state index in [1.54, 1.807) is 26.0 Å². The molecule has 0 bridgehead atoms. The van der Waals surface area contributed by atoms with Crippen LogP contribution in [-0.4, -0.2) is 64.7 Å². The molecule has 0 heterocycles. The molecule has 1 unspecified atom stereocenters. The summed E-state index contributed by atoms with van der Waals surface area (Å²) >= 11 is 0. The highest BCUT2D eigenvalue weighted by atomic mass is 32.2. The van der Waals surface area contributed by atoms with Crippen molar-refractivity contribution in [3.63, 3.8) is 0 Å². The zero-order valence-corrected chi connectivity index (χ0v) is 21.3. The van der Waals surface area contributed by atoms with Crippen LogP contribution in [0.1, 0.15) is 25.0 Å². The van der Waals surface area contributed by atoms with E-state index in [2.05, 4.69) is 5.32 Å². The molecule has 0 radical (unpaired) electrons. The minimum absolute atomic E-state index is 0.149. The third-order valence-electron chi connectivity index (χ3n) is 5.29. The quantitative estimate of drug-likeness (QED) is 0.517. The van der Waals surface area contributed by atoms with E-state index in [0.717, 1.165) is 21.7 Å². The van der Waals surface area contributed by atoms with Crippen LogP contribution >= 0.6 is 0 Å². The van der Waals surface area contributed by atoms with Gasteiger partial charge >= 0.3 is 0 Å². The summed E-state index contributed by atoms with van der Waals surface area (Å²) < 4.78 is 36.9. The van der Waals surface area contributed by atoms with Crippen LogP contribution in [0.3, 0.4) is 0 Å². The molecule has 34 heavy (non-hydrogen) atoms. The Labute approximate surface area is 201 Å². The lowest BCUT2D eigenvalue weighted by molar-refractivity contribution is -0.139. The minimum atomic E-state index is -3.87. The molecule has 0 aromatic heterocycles. The first-order valence-corrected chi connectivity index (χ1v) is 12.7. The highest BCUT2D eigenvalue weighted by Gasteiger charge is 2.31. The summed E-state index contributed by atoms with van der Waals surface area (Å²) in [7, 11) is -0.981. The van der Waals surface area contributed by atoms with Crippen molar-refractivity contribution in [2.75, 3.05) is 37.9 Å². The van der Waals surface area contributed by atoms with Gasteiger partial charge in [0.2, 0.25) is 21.8 Å². The number of methoxy groups -OCH3 is 2. The van der Waals surface area contributed by atoms with Gasteiger partial charge in [0.1, 0.15) is 24.1 Å². The third kappa shape index (κ3) is 6.86. The van der Waals surface area contributed by atoms with Crippen LogP contribution in [0.15, 0.2) is 42.5 Å². The van der Waals surface area contributed by atoms with Gasteiger partial charge in [0.25, 0.3) is 0 Å². The SMILES string of the molecule is CCNC(=O)C(C)N(Cc1cccc(C)c1)C(=O)CN(c1ccc(OC)cc1OC)S(C)(=O)=O. The molecule has 10 heteroatoms. The van der Waals surface area contributed by atoms with Crippen LogP contribution in [0, 0.1) is 6.92 Å². The molecule has 0 saturated heterocycles. The molecular weight excluding hydrogens is 458 g/mol. The number of anilines is 1. The smallest absolute Gasteiger partial charge is 0.244 e. The Morgan fingerprint density at radius 2 is 1.79 bits per heavy atom.